The molecule has 1 aromatic heterocycles. The summed E-state index contributed by atoms with van der Waals surface area (Å²) in [4.78, 5) is 36.5. The number of rotatable bonds is 3. The second kappa shape index (κ2) is 8.06. The Bertz CT molecular complexity index is 952. The van der Waals surface area contributed by atoms with Gasteiger partial charge in [-0.05, 0) is 38.0 Å². The Labute approximate surface area is 169 Å². The zero-order chi connectivity index (χ0) is 20.4. The average molecular weight is 395 g/mol. The number of carbonyl (C=O) groups is 2. The maximum Gasteiger partial charge on any atom is 0.414 e. The Balaban J connectivity index is 1.51. The van der Waals surface area contributed by atoms with Crippen molar-refractivity contribution in [1.29, 1.82) is 0 Å². The number of anilines is 1. The molecule has 0 unspecified atom stereocenters. The minimum atomic E-state index is -0.335. The number of hydrogen-bond acceptors (Lipinski definition) is 6. The van der Waals surface area contributed by atoms with Crippen molar-refractivity contribution >= 4 is 28.6 Å². The Hall–Kier alpha value is -3.16. The van der Waals surface area contributed by atoms with Gasteiger partial charge in [0.15, 0.2) is 0 Å². The molecule has 2 amide bonds. The Kier molecular flexibility index (Phi) is 5.33. The highest BCUT2D eigenvalue weighted by atomic mass is 16.6. The number of nitrogens with zero attached hydrogens (tertiary/aromatic N) is 4. The van der Waals surface area contributed by atoms with Gasteiger partial charge < -0.3 is 19.9 Å². The van der Waals surface area contributed by atoms with Crippen molar-refractivity contribution in [3.05, 3.63) is 42.6 Å². The lowest BCUT2D eigenvalue weighted by Gasteiger charge is -2.31. The number of piperidine rings is 1. The molecule has 8 nitrogen and oxygen atoms in total. The maximum atomic E-state index is 12.1. The third-order valence-corrected chi connectivity index (χ3v) is 5.46. The lowest BCUT2D eigenvalue weighted by atomic mass is 9.91. The molecule has 0 bridgehead atoms. The van der Waals surface area contributed by atoms with Gasteiger partial charge in [-0.2, -0.15) is 0 Å². The molecular weight excluding hydrogens is 370 g/mol. The Morgan fingerprint density at radius 1 is 1.24 bits per heavy atom. The van der Waals surface area contributed by atoms with E-state index in [2.05, 4.69) is 26.8 Å². The van der Waals surface area contributed by atoms with Crippen LogP contribution in [0.1, 0.15) is 31.4 Å². The topological polar surface area (TPSA) is 87.7 Å². The highest BCUT2D eigenvalue weighted by Gasteiger charge is 2.27. The predicted molar refractivity (Wildman–Crippen MR) is 110 cm³/mol. The fourth-order valence-electron chi connectivity index (χ4n) is 4.00. The number of aromatic nitrogens is 2. The summed E-state index contributed by atoms with van der Waals surface area (Å²) in [6, 6.07) is 6.11. The number of piperazine rings is 1. The largest absolute Gasteiger partial charge is 0.416 e. The molecule has 2 fully saturated rings. The van der Waals surface area contributed by atoms with Crippen LogP contribution in [0.3, 0.4) is 0 Å². The van der Waals surface area contributed by atoms with Gasteiger partial charge in [0.25, 0.3) is 0 Å². The monoisotopic (exact) mass is 395 g/mol. The molecular formula is C21H25N5O3. The van der Waals surface area contributed by atoms with E-state index in [1.807, 2.05) is 18.2 Å². The third kappa shape index (κ3) is 4.16. The number of amides is 2. The number of benzene rings is 1. The van der Waals surface area contributed by atoms with Crippen LogP contribution in [-0.4, -0.2) is 59.6 Å². The van der Waals surface area contributed by atoms with Crippen molar-refractivity contribution in [3.63, 3.8) is 0 Å². The first-order chi connectivity index (χ1) is 14.0. The van der Waals surface area contributed by atoms with E-state index >= 15 is 0 Å². The lowest BCUT2D eigenvalue weighted by molar-refractivity contribution is -0.120. The predicted octanol–water partition coefficient (Wildman–Crippen LogP) is 2.42. The molecule has 0 aliphatic carbocycles. The first-order valence-electron chi connectivity index (χ1n) is 9.90. The summed E-state index contributed by atoms with van der Waals surface area (Å²) in [6.45, 7) is 8.34. The van der Waals surface area contributed by atoms with Gasteiger partial charge in [0.05, 0.1) is 23.5 Å². The van der Waals surface area contributed by atoms with Crippen LogP contribution in [0.5, 0.6) is 0 Å². The van der Waals surface area contributed by atoms with Crippen molar-refractivity contribution in [3.8, 4) is 0 Å². The molecule has 3 heterocycles. The molecule has 2 saturated heterocycles. The summed E-state index contributed by atoms with van der Waals surface area (Å²) in [7, 11) is 0. The number of ether oxygens (including phenoxy) is 1. The second-order valence-electron chi connectivity index (χ2n) is 7.56. The lowest BCUT2D eigenvalue weighted by Crippen LogP contribution is -2.47. The van der Waals surface area contributed by atoms with E-state index in [-0.39, 0.29) is 17.9 Å². The number of fused-ring (bicyclic) bond motifs is 1. The van der Waals surface area contributed by atoms with Crippen LogP contribution in [0.4, 0.5) is 10.5 Å². The van der Waals surface area contributed by atoms with Crippen LogP contribution >= 0.6 is 0 Å². The van der Waals surface area contributed by atoms with Crippen molar-refractivity contribution in [1.82, 2.24) is 20.2 Å². The summed E-state index contributed by atoms with van der Waals surface area (Å²) in [5.41, 5.74) is 2.89. The standard InChI is InChI=1S/C21H25N5O3/c1-14(2)29-21(28)25-8-5-15(6-9-25)20-17-4-3-16(11-18(17)23-13-24-20)26-10-7-22-19(27)12-26/h3-4,11,13,15H,1,5-10,12H2,2H3,(H,22,27). The highest BCUT2D eigenvalue weighted by Crippen LogP contribution is 2.32. The Morgan fingerprint density at radius 2 is 2.03 bits per heavy atom. The van der Waals surface area contributed by atoms with Gasteiger partial charge in [0.1, 0.15) is 6.33 Å². The van der Waals surface area contributed by atoms with Gasteiger partial charge in [0, 0.05) is 43.2 Å². The molecule has 29 heavy (non-hydrogen) atoms. The van der Waals surface area contributed by atoms with Crippen LogP contribution in [0.2, 0.25) is 0 Å². The molecule has 1 aromatic carbocycles. The molecule has 0 saturated carbocycles. The van der Waals surface area contributed by atoms with E-state index in [9.17, 15) is 9.59 Å². The quantitative estimate of drug-likeness (QED) is 0.803. The highest BCUT2D eigenvalue weighted by molar-refractivity contribution is 5.87. The summed E-state index contributed by atoms with van der Waals surface area (Å²) < 4.78 is 5.11. The Morgan fingerprint density at radius 3 is 2.76 bits per heavy atom. The summed E-state index contributed by atoms with van der Waals surface area (Å²) in [5.74, 6) is 0.707. The van der Waals surface area contributed by atoms with Crippen molar-refractivity contribution < 1.29 is 14.3 Å². The van der Waals surface area contributed by atoms with E-state index in [4.69, 9.17) is 4.74 Å². The molecule has 2 aliphatic heterocycles. The van der Waals surface area contributed by atoms with E-state index in [0.717, 1.165) is 41.7 Å². The van der Waals surface area contributed by atoms with E-state index in [1.54, 1.807) is 18.2 Å². The number of hydrogen-bond donors (Lipinski definition) is 1. The minimum Gasteiger partial charge on any atom is -0.416 e. The normalized spacial score (nSPS) is 17.9. The zero-order valence-corrected chi connectivity index (χ0v) is 16.6. The van der Waals surface area contributed by atoms with Gasteiger partial charge >= 0.3 is 6.09 Å². The van der Waals surface area contributed by atoms with Crippen molar-refractivity contribution in [2.75, 3.05) is 37.6 Å². The molecule has 2 aliphatic rings. The van der Waals surface area contributed by atoms with Gasteiger partial charge in [-0.1, -0.05) is 6.58 Å². The molecule has 8 heteroatoms. The fraction of sp³-hybridized carbons (Fsp3) is 0.429. The molecule has 0 radical (unpaired) electrons. The van der Waals surface area contributed by atoms with Crippen LogP contribution in [-0.2, 0) is 9.53 Å². The number of nitrogens with one attached hydrogen (secondary N) is 1. The summed E-state index contributed by atoms with van der Waals surface area (Å²) in [6.07, 6.45) is 2.92. The molecule has 4 rings (SSSR count). The third-order valence-electron chi connectivity index (χ3n) is 5.46. The van der Waals surface area contributed by atoms with Gasteiger partial charge in [0.2, 0.25) is 5.91 Å². The molecule has 2 aromatic rings. The van der Waals surface area contributed by atoms with Crippen molar-refractivity contribution in [2.45, 2.75) is 25.7 Å². The van der Waals surface area contributed by atoms with E-state index in [1.165, 1.54) is 0 Å². The number of likely N-dealkylation sites (tertiary alicyclic amines) is 1. The molecule has 1 N–H and O–H groups in total. The van der Waals surface area contributed by atoms with Crippen LogP contribution in [0, 0.1) is 0 Å². The van der Waals surface area contributed by atoms with Gasteiger partial charge in [-0.15, -0.1) is 0 Å². The zero-order valence-electron chi connectivity index (χ0n) is 16.6. The van der Waals surface area contributed by atoms with Crippen LogP contribution in [0.15, 0.2) is 36.9 Å². The smallest absolute Gasteiger partial charge is 0.414 e. The maximum absolute atomic E-state index is 12.1. The average Bonchev–Trinajstić information content (AvgIpc) is 2.72. The first-order valence-corrected chi connectivity index (χ1v) is 9.90. The second-order valence-corrected chi connectivity index (χ2v) is 7.56. The number of allylic oxidation sites excluding steroid dienone is 1. The van der Waals surface area contributed by atoms with Crippen LogP contribution in [0.25, 0.3) is 10.9 Å². The molecule has 152 valence electrons. The van der Waals surface area contributed by atoms with E-state index < -0.39 is 0 Å². The van der Waals surface area contributed by atoms with Crippen LogP contribution < -0.4 is 10.2 Å². The minimum absolute atomic E-state index is 0.0386. The number of carbonyl (C=O) groups excluding carboxylic acids is 2. The first kappa shape index (κ1) is 19.2. The van der Waals surface area contributed by atoms with Crippen molar-refractivity contribution in [2.24, 2.45) is 0 Å². The SMILES string of the molecule is C=C(C)OC(=O)N1CCC(c2ncnc3cc(N4CCNC(=O)C4)ccc23)CC1. The summed E-state index contributed by atoms with van der Waals surface area (Å²) >= 11 is 0. The van der Waals surface area contributed by atoms with Gasteiger partial charge in [-0.25, -0.2) is 14.8 Å². The summed E-state index contributed by atoms with van der Waals surface area (Å²) in [5, 5.41) is 3.87. The fourth-order valence-corrected chi connectivity index (χ4v) is 4.00. The van der Waals surface area contributed by atoms with E-state index in [0.29, 0.717) is 31.9 Å². The molecule has 0 atom stereocenters. The van der Waals surface area contributed by atoms with Gasteiger partial charge in [-0.3, -0.25) is 4.79 Å². The molecule has 0 spiro atoms.